The van der Waals surface area contributed by atoms with Crippen LogP contribution < -0.4 is 10.1 Å². The number of rotatable bonds is 4. The lowest BCUT2D eigenvalue weighted by Crippen LogP contribution is -2.30. The van der Waals surface area contributed by atoms with Gasteiger partial charge in [-0.3, -0.25) is 0 Å². The standard InChI is InChI=1S/C12H16BrNO3/c1-14-5-8-3-2-4-9(13)12(8)17-11-7-16-6-10(11)15/h2-4,10-11,14-15H,5-7H2,1H3. The summed E-state index contributed by atoms with van der Waals surface area (Å²) in [4.78, 5) is 0. The smallest absolute Gasteiger partial charge is 0.150 e. The molecule has 0 radical (unpaired) electrons. The summed E-state index contributed by atoms with van der Waals surface area (Å²) < 4.78 is 11.9. The fourth-order valence-corrected chi connectivity index (χ4v) is 2.30. The van der Waals surface area contributed by atoms with Gasteiger partial charge in [0.05, 0.1) is 17.7 Å². The van der Waals surface area contributed by atoms with Gasteiger partial charge in [-0.1, -0.05) is 12.1 Å². The molecule has 0 aliphatic carbocycles. The van der Waals surface area contributed by atoms with E-state index < -0.39 is 6.10 Å². The monoisotopic (exact) mass is 301 g/mol. The van der Waals surface area contributed by atoms with Crippen molar-refractivity contribution in [3.63, 3.8) is 0 Å². The molecular formula is C12H16BrNO3. The normalized spacial score (nSPS) is 23.9. The van der Waals surface area contributed by atoms with Crippen molar-refractivity contribution in [3.8, 4) is 5.75 Å². The second-order valence-corrected chi connectivity index (χ2v) is 4.87. The molecule has 1 fully saturated rings. The Kier molecular flexibility index (Phi) is 4.39. The number of aliphatic hydroxyl groups is 1. The molecule has 5 heteroatoms. The first-order valence-electron chi connectivity index (χ1n) is 5.57. The quantitative estimate of drug-likeness (QED) is 0.880. The van der Waals surface area contributed by atoms with Crippen LogP contribution in [0.2, 0.25) is 0 Å². The van der Waals surface area contributed by atoms with E-state index in [1.54, 1.807) is 0 Å². The summed E-state index contributed by atoms with van der Waals surface area (Å²) in [6.45, 7) is 1.50. The molecule has 1 aromatic rings. The van der Waals surface area contributed by atoms with E-state index in [1.807, 2.05) is 25.2 Å². The highest BCUT2D eigenvalue weighted by atomic mass is 79.9. The minimum absolute atomic E-state index is 0.288. The van der Waals surface area contributed by atoms with Gasteiger partial charge in [0.1, 0.15) is 18.0 Å². The second-order valence-electron chi connectivity index (χ2n) is 4.02. The minimum atomic E-state index is -0.551. The first-order chi connectivity index (χ1) is 8.22. The zero-order valence-corrected chi connectivity index (χ0v) is 11.2. The summed E-state index contributed by atoms with van der Waals surface area (Å²) >= 11 is 3.47. The van der Waals surface area contributed by atoms with Gasteiger partial charge in [0.15, 0.2) is 0 Å². The number of halogens is 1. The molecule has 1 aliphatic rings. The molecule has 0 amide bonds. The summed E-state index contributed by atoms with van der Waals surface area (Å²) in [6.07, 6.45) is -0.839. The van der Waals surface area contributed by atoms with Crippen molar-refractivity contribution >= 4 is 15.9 Å². The Labute approximate surface area is 109 Å². The van der Waals surface area contributed by atoms with Gasteiger partial charge in [0.25, 0.3) is 0 Å². The van der Waals surface area contributed by atoms with E-state index in [4.69, 9.17) is 9.47 Å². The van der Waals surface area contributed by atoms with Crippen molar-refractivity contribution in [1.82, 2.24) is 5.32 Å². The van der Waals surface area contributed by atoms with E-state index in [0.29, 0.717) is 13.2 Å². The first-order valence-corrected chi connectivity index (χ1v) is 6.36. The average molecular weight is 302 g/mol. The highest BCUT2D eigenvalue weighted by Gasteiger charge is 2.29. The van der Waals surface area contributed by atoms with Crippen LogP contribution in [0.1, 0.15) is 5.56 Å². The number of aliphatic hydroxyl groups excluding tert-OH is 1. The maximum Gasteiger partial charge on any atom is 0.150 e. The SMILES string of the molecule is CNCc1cccc(Br)c1OC1COCC1O. The molecule has 94 valence electrons. The fraction of sp³-hybridized carbons (Fsp3) is 0.500. The summed E-state index contributed by atoms with van der Waals surface area (Å²) in [5, 5.41) is 12.8. The molecule has 2 N–H and O–H groups in total. The molecule has 0 saturated carbocycles. The number of nitrogens with one attached hydrogen (secondary N) is 1. The van der Waals surface area contributed by atoms with Crippen molar-refractivity contribution < 1.29 is 14.6 Å². The molecule has 1 heterocycles. The lowest BCUT2D eigenvalue weighted by Gasteiger charge is -2.19. The Morgan fingerprint density at radius 1 is 1.53 bits per heavy atom. The largest absolute Gasteiger partial charge is 0.484 e. The third kappa shape index (κ3) is 2.98. The summed E-state index contributed by atoms with van der Waals surface area (Å²) in [5.74, 6) is 0.774. The molecule has 0 aromatic heterocycles. The Morgan fingerprint density at radius 3 is 3.00 bits per heavy atom. The molecule has 17 heavy (non-hydrogen) atoms. The van der Waals surface area contributed by atoms with Gasteiger partial charge in [-0.25, -0.2) is 0 Å². The van der Waals surface area contributed by atoms with Gasteiger partial charge < -0.3 is 19.9 Å². The average Bonchev–Trinajstić information content (AvgIpc) is 2.70. The third-order valence-electron chi connectivity index (χ3n) is 2.68. The van der Waals surface area contributed by atoms with Gasteiger partial charge >= 0.3 is 0 Å². The molecule has 1 aromatic carbocycles. The van der Waals surface area contributed by atoms with Crippen molar-refractivity contribution in [2.45, 2.75) is 18.8 Å². The Balaban J connectivity index is 2.18. The zero-order chi connectivity index (χ0) is 12.3. The van der Waals surface area contributed by atoms with Crippen LogP contribution in [0.25, 0.3) is 0 Å². The van der Waals surface area contributed by atoms with E-state index >= 15 is 0 Å². The molecule has 2 atom stereocenters. The summed E-state index contributed by atoms with van der Waals surface area (Å²) in [7, 11) is 1.89. The molecule has 0 spiro atoms. The van der Waals surface area contributed by atoms with E-state index in [9.17, 15) is 5.11 Å². The number of ether oxygens (including phenoxy) is 2. The van der Waals surface area contributed by atoms with Crippen LogP contribution in [-0.2, 0) is 11.3 Å². The highest BCUT2D eigenvalue weighted by Crippen LogP contribution is 2.31. The Morgan fingerprint density at radius 2 is 2.35 bits per heavy atom. The molecule has 1 saturated heterocycles. The lowest BCUT2D eigenvalue weighted by atomic mass is 10.2. The van der Waals surface area contributed by atoms with Gasteiger partial charge in [-0.2, -0.15) is 0 Å². The van der Waals surface area contributed by atoms with Gasteiger partial charge in [-0.05, 0) is 29.0 Å². The maximum atomic E-state index is 9.68. The van der Waals surface area contributed by atoms with Crippen LogP contribution in [-0.4, -0.2) is 37.6 Å². The van der Waals surface area contributed by atoms with Crippen molar-refractivity contribution in [3.05, 3.63) is 28.2 Å². The van der Waals surface area contributed by atoms with Crippen molar-refractivity contribution in [2.75, 3.05) is 20.3 Å². The Hall–Kier alpha value is -0.620. The third-order valence-corrected chi connectivity index (χ3v) is 3.31. The van der Waals surface area contributed by atoms with E-state index in [1.165, 1.54) is 0 Å². The molecule has 4 nitrogen and oxygen atoms in total. The van der Waals surface area contributed by atoms with Crippen LogP contribution in [0.5, 0.6) is 5.75 Å². The minimum Gasteiger partial charge on any atom is -0.484 e. The lowest BCUT2D eigenvalue weighted by molar-refractivity contribution is 0.0722. The first kappa shape index (κ1) is 12.8. The number of hydrogen-bond donors (Lipinski definition) is 2. The zero-order valence-electron chi connectivity index (χ0n) is 9.65. The van der Waals surface area contributed by atoms with Crippen molar-refractivity contribution in [1.29, 1.82) is 0 Å². The predicted octanol–water partition coefficient (Wildman–Crippen LogP) is 1.31. The van der Waals surface area contributed by atoms with Crippen LogP contribution in [0.15, 0.2) is 22.7 Å². The summed E-state index contributed by atoms with van der Waals surface area (Å²) in [6, 6.07) is 5.89. The molecule has 2 rings (SSSR count). The molecule has 1 aliphatic heterocycles. The van der Waals surface area contributed by atoms with Gasteiger partial charge in [0.2, 0.25) is 0 Å². The van der Waals surface area contributed by atoms with Crippen LogP contribution >= 0.6 is 15.9 Å². The topological polar surface area (TPSA) is 50.7 Å². The van der Waals surface area contributed by atoms with E-state index in [0.717, 1.165) is 22.3 Å². The summed E-state index contributed by atoms with van der Waals surface area (Å²) in [5.41, 5.74) is 1.06. The second kappa shape index (κ2) is 5.82. The number of para-hydroxylation sites is 1. The fourth-order valence-electron chi connectivity index (χ4n) is 1.80. The molecule has 2 unspecified atom stereocenters. The Bertz CT molecular complexity index is 386. The molecule has 0 bridgehead atoms. The highest BCUT2D eigenvalue weighted by molar-refractivity contribution is 9.10. The van der Waals surface area contributed by atoms with Gasteiger partial charge in [0, 0.05) is 12.1 Å². The number of benzene rings is 1. The van der Waals surface area contributed by atoms with Crippen molar-refractivity contribution in [2.24, 2.45) is 0 Å². The van der Waals surface area contributed by atoms with Crippen LogP contribution in [0, 0.1) is 0 Å². The van der Waals surface area contributed by atoms with E-state index in [2.05, 4.69) is 21.2 Å². The molecular weight excluding hydrogens is 286 g/mol. The van der Waals surface area contributed by atoms with E-state index in [-0.39, 0.29) is 6.10 Å². The van der Waals surface area contributed by atoms with Gasteiger partial charge in [-0.15, -0.1) is 0 Å². The number of hydrogen-bond acceptors (Lipinski definition) is 4. The van der Waals surface area contributed by atoms with Crippen LogP contribution in [0.3, 0.4) is 0 Å². The maximum absolute atomic E-state index is 9.68. The van der Waals surface area contributed by atoms with Crippen LogP contribution in [0.4, 0.5) is 0 Å². The predicted molar refractivity (Wildman–Crippen MR) is 68.1 cm³/mol.